The molecule has 1 heterocycles. The number of aromatic nitrogens is 1. The Hall–Kier alpha value is -2.14. The normalized spacial score (nSPS) is 11.4. The Labute approximate surface area is 188 Å². The Kier molecular flexibility index (Phi) is 5.54. The van der Waals surface area contributed by atoms with Crippen molar-refractivity contribution >= 4 is 68.2 Å². The SMILES string of the molecule is COc1ccccc1-c1nc2cc(N=Cc3cc(I)cc(I)c3O)ccc2o1. The molecular weight excluding hydrogens is 582 g/mol. The van der Waals surface area contributed by atoms with Crippen molar-refractivity contribution in [3.63, 3.8) is 0 Å². The lowest BCUT2D eigenvalue weighted by Gasteiger charge is -2.03. The quantitative estimate of drug-likeness (QED) is 0.226. The van der Waals surface area contributed by atoms with Crippen molar-refractivity contribution in [1.29, 1.82) is 0 Å². The van der Waals surface area contributed by atoms with Crippen LogP contribution in [0.15, 0.2) is 64.0 Å². The van der Waals surface area contributed by atoms with Crippen LogP contribution in [0.25, 0.3) is 22.6 Å². The minimum Gasteiger partial charge on any atom is -0.506 e. The molecule has 0 saturated carbocycles. The number of fused-ring (bicyclic) bond motifs is 1. The molecule has 0 fully saturated rings. The van der Waals surface area contributed by atoms with Gasteiger partial charge in [0.05, 0.1) is 21.9 Å². The number of hydrogen-bond acceptors (Lipinski definition) is 5. The zero-order valence-electron chi connectivity index (χ0n) is 14.7. The highest BCUT2D eigenvalue weighted by molar-refractivity contribution is 14.1. The average molecular weight is 596 g/mol. The summed E-state index contributed by atoms with van der Waals surface area (Å²) in [6, 6.07) is 16.9. The summed E-state index contributed by atoms with van der Waals surface area (Å²) in [7, 11) is 1.62. The molecule has 0 amide bonds. The highest BCUT2D eigenvalue weighted by Gasteiger charge is 2.13. The number of ether oxygens (including phenoxy) is 1. The number of aliphatic imine (C=N–C) groups is 1. The van der Waals surface area contributed by atoms with Crippen LogP contribution in [0.3, 0.4) is 0 Å². The van der Waals surface area contributed by atoms with Crippen molar-refractivity contribution in [2.24, 2.45) is 4.99 Å². The van der Waals surface area contributed by atoms with E-state index in [1.54, 1.807) is 13.3 Å². The molecule has 4 aromatic rings. The van der Waals surface area contributed by atoms with Gasteiger partial charge in [-0.25, -0.2) is 4.98 Å². The molecule has 0 spiro atoms. The lowest BCUT2D eigenvalue weighted by molar-refractivity contribution is 0.414. The third-order valence-corrected chi connectivity index (χ3v) is 5.56. The van der Waals surface area contributed by atoms with Crippen molar-refractivity contribution < 1.29 is 14.3 Å². The molecule has 7 heteroatoms. The number of phenolic OH excluding ortho intramolecular Hbond substituents is 1. The number of benzene rings is 3. The third kappa shape index (κ3) is 3.86. The van der Waals surface area contributed by atoms with Gasteiger partial charge in [0.25, 0.3) is 0 Å². The second-order valence-corrected chi connectivity index (χ2v) is 8.36. The van der Waals surface area contributed by atoms with E-state index in [2.05, 4.69) is 55.2 Å². The third-order valence-electron chi connectivity index (χ3n) is 4.12. The lowest BCUT2D eigenvalue weighted by Crippen LogP contribution is -1.87. The lowest BCUT2D eigenvalue weighted by atomic mass is 10.2. The number of para-hydroxylation sites is 1. The first-order chi connectivity index (χ1) is 13.5. The Morgan fingerprint density at radius 1 is 1.11 bits per heavy atom. The molecule has 1 N–H and O–H groups in total. The Morgan fingerprint density at radius 2 is 1.93 bits per heavy atom. The van der Waals surface area contributed by atoms with Crippen molar-refractivity contribution in [3.05, 3.63) is 67.3 Å². The van der Waals surface area contributed by atoms with Gasteiger partial charge in [0.1, 0.15) is 17.0 Å². The molecule has 4 rings (SSSR count). The van der Waals surface area contributed by atoms with Crippen LogP contribution >= 0.6 is 45.2 Å². The molecular formula is C21H14I2N2O3. The van der Waals surface area contributed by atoms with Crippen LogP contribution in [0, 0.1) is 7.14 Å². The number of halogens is 2. The minimum atomic E-state index is 0.228. The van der Waals surface area contributed by atoms with Crippen LogP contribution in [0.5, 0.6) is 11.5 Å². The van der Waals surface area contributed by atoms with Gasteiger partial charge in [0.15, 0.2) is 5.58 Å². The molecule has 0 bridgehead atoms. The van der Waals surface area contributed by atoms with E-state index in [0.29, 0.717) is 28.3 Å². The summed E-state index contributed by atoms with van der Waals surface area (Å²) in [4.78, 5) is 9.07. The summed E-state index contributed by atoms with van der Waals surface area (Å²) >= 11 is 4.32. The van der Waals surface area contributed by atoms with Gasteiger partial charge in [-0.15, -0.1) is 0 Å². The number of rotatable bonds is 4. The van der Waals surface area contributed by atoms with Gasteiger partial charge in [-0.2, -0.15) is 0 Å². The molecule has 0 aliphatic rings. The van der Waals surface area contributed by atoms with Crippen molar-refractivity contribution in [2.75, 3.05) is 7.11 Å². The van der Waals surface area contributed by atoms with E-state index in [0.717, 1.165) is 18.4 Å². The molecule has 0 radical (unpaired) electrons. The predicted molar refractivity (Wildman–Crippen MR) is 127 cm³/mol. The molecule has 140 valence electrons. The Bertz CT molecular complexity index is 1200. The zero-order valence-corrected chi connectivity index (χ0v) is 19.0. The maximum Gasteiger partial charge on any atom is 0.231 e. The zero-order chi connectivity index (χ0) is 19.7. The van der Waals surface area contributed by atoms with Gasteiger partial charge >= 0.3 is 0 Å². The summed E-state index contributed by atoms with van der Waals surface area (Å²) in [6.45, 7) is 0. The molecule has 0 saturated heterocycles. The molecule has 0 atom stereocenters. The first-order valence-electron chi connectivity index (χ1n) is 8.31. The number of hydrogen-bond donors (Lipinski definition) is 1. The largest absolute Gasteiger partial charge is 0.506 e. The van der Waals surface area contributed by atoms with Crippen LogP contribution in [0.2, 0.25) is 0 Å². The monoisotopic (exact) mass is 596 g/mol. The van der Waals surface area contributed by atoms with Crippen LogP contribution in [-0.4, -0.2) is 23.4 Å². The smallest absolute Gasteiger partial charge is 0.231 e. The van der Waals surface area contributed by atoms with Crippen LogP contribution in [0.1, 0.15) is 5.56 Å². The summed E-state index contributed by atoms with van der Waals surface area (Å²) in [5.74, 6) is 1.43. The predicted octanol–water partition coefficient (Wildman–Crippen LogP) is 6.17. The van der Waals surface area contributed by atoms with Gasteiger partial charge in [0, 0.05) is 15.3 Å². The fourth-order valence-corrected chi connectivity index (χ4v) is 4.65. The van der Waals surface area contributed by atoms with Crippen LogP contribution in [-0.2, 0) is 0 Å². The highest BCUT2D eigenvalue weighted by Crippen LogP contribution is 2.32. The fraction of sp³-hybridized carbons (Fsp3) is 0.0476. The van der Waals surface area contributed by atoms with Gasteiger partial charge in [-0.05, 0) is 87.6 Å². The van der Waals surface area contributed by atoms with E-state index < -0.39 is 0 Å². The van der Waals surface area contributed by atoms with Crippen molar-refractivity contribution in [3.8, 4) is 23.0 Å². The molecule has 1 aromatic heterocycles. The number of aromatic hydroxyl groups is 1. The van der Waals surface area contributed by atoms with E-state index in [1.807, 2.05) is 54.6 Å². The van der Waals surface area contributed by atoms with E-state index in [4.69, 9.17) is 9.15 Å². The topological polar surface area (TPSA) is 67.9 Å². The average Bonchev–Trinajstić information content (AvgIpc) is 3.12. The van der Waals surface area contributed by atoms with Crippen LogP contribution < -0.4 is 4.74 Å². The second kappa shape index (κ2) is 8.08. The van der Waals surface area contributed by atoms with Crippen molar-refractivity contribution in [1.82, 2.24) is 4.98 Å². The molecule has 3 aromatic carbocycles. The molecule has 0 aliphatic heterocycles. The van der Waals surface area contributed by atoms with E-state index in [1.165, 1.54) is 0 Å². The van der Waals surface area contributed by atoms with E-state index in [-0.39, 0.29) is 5.75 Å². The maximum absolute atomic E-state index is 10.2. The number of nitrogens with zero attached hydrogens (tertiary/aromatic N) is 2. The van der Waals surface area contributed by atoms with Gasteiger partial charge in [-0.1, -0.05) is 12.1 Å². The molecule has 0 aliphatic carbocycles. The van der Waals surface area contributed by atoms with E-state index in [9.17, 15) is 5.11 Å². The summed E-state index contributed by atoms with van der Waals surface area (Å²) < 4.78 is 13.1. The van der Waals surface area contributed by atoms with Gasteiger partial charge < -0.3 is 14.3 Å². The van der Waals surface area contributed by atoms with Crippen molar-refractivity contribution in [2.45, 2.75) is 0 Å². The molecule has 28 heavy (non-hydrogen) atoms. The fourth-order valence-electron chi connectivity index (χ4n) is 2.76. The summed E-state index contributed by atoms with van der Waals surface area (Å²) in [5, 5.41) is 10.2. The number of phenols is 1. The van der Waals surface area contributed by atoms with Gasteiger partial charge in [-0.3, -0.25) is 4.99 Å². The number of oxazole rings is 1. The minimum absolute atomic E-state index is 0.228. The van der Waals surface area contributed by atoms with Crippen LogP contribution in [0.4, 0.5) is 5.69 Å². The summed E-state index contributed by atoms with van der Waals surface area (Å²) in [6.07, 6.45) is 1.65. The van der Waals surface area contributed by atoms with Gasteiger partial charge in [0.2, 0.25) is 5.89 Å². The van der Waals surface area contributed by atoms with E-state index >= 15 is 0 Å². The second-order valence-electron chi connectivity index (χ2n) is 5.95. The number of methoxy groups -OCH3 is 1. The molecule has 0 unspecified atom stereocenters. The summed E-state index contributed by atoms with van der Waals surface area (Å²) in [5.41, 5.74) is 3.57. The maximum atomic E-state index is 10.2. The Morgan fingerprint density at radius 3 is 2.75 bits per heavy atom. The standard InChI is InChI=1S/C21H14I2N2O3/c1-27-18-5-3-2-4-15(18)21-25-17-10-14(6-7-19(17)28-21)24-11-12-8-13(22)9-16(23)20(12)26/h2-11,26H,1H3. The Balaban J connectivity index is 1.69. The first kappa shape index (κ1) is 19.2. The highest BCUT2D eigenvalue weighted by atomic mass is 127. The molecule has 5 nitrogen and oxygen atoms in total. The first-order valence-corrected chi connectivity index (χ1v) is 10.5.